The Morgan fingerprint density at radius 2 is 1.50 bits per heavy atom. The molecule has 5 nitrogen and oxygen atoms in total. The Labute approximate surface area is 70.4 Å². The quantitative estimate of drug-likeness (QED) is 0.558. The first-order valence-electron chi connectivity index (χ1n) is 2.88. The van der Waals surface area contributed by atoms with Crippen molar-refractivity contribution in [3.05, 3.63) is 24.3 Å². The average Bonchev–Trinajstić information content (AvgIpc) is 1.86. The second-order valence-corrected chi connectivity index (χ2v) is 3.68. The van der Waals surface area contributed by atoms with Crippen LogP contribution in [-0.4, -0.2) is 13.9 Å². The van der Waals surface area contributed by atoms with Gasteiger partial charge in [0.1, 0.15) is 0 Å². The first-order valence-corrected chi connectivity index (χ1v) is 4.43. The standard InChI is InChI=1S/C6H8N2O2S.H2O/c7-5-1-3-6(4-2-5)11(8,9)10;/h1-4H,7H2,(H2,8,9,10);1H2. The van der Waals surface area contributed by atoms with Crippen molar-refractivity contribution in [3.8, 4) is 0 Å². The number of sulfonamides is 1. The van der Waals surface area contributed by atoms with E-state index in [1.54, 1.807) is 0 Å². The Balaban J connectivity index is 0.00000121. The molecule has 0 aliphatic carbocycles. The van der Waals surface area contributed by atoms with Crippen LogP contribution in [0.1, 0.15) is 0 Å². The summed E-state index contributed by atoms with van der Waals surface area (Å²) in [5.74, 6) is 0. The van der Waals surface area contributed by atoms with Crippen molar-refractivity contribution in [1.29, 1.82) is 0 Å². The molecule has 1 rings (SSSR count). The summed E-state index contributed by atoms with van der Waals surface area (Å²) in [4.78, 5) is 0.0756. The van der Waals surface area contributed by atoms with Crippen LogP contribution in [0.3, 0.4) is 0 Å². The van der Waals surface area contributed by atoms with Gasteiger partial charge in [-0.3, -0.25) is 0 Å². The highest BCUT2D eigenvalue weighted by atomic mass is 32.2. The Morgan fingerprint density at radius 3 is 1.83 bits per heavy atom. The minimum Gasteiger partial charge on any atom is -0.412 e. The number of primary sulfonamides is 1. The van der Waals surface area contributed by atoms with Crippen molar-refractivity contribution in [2.45, 2.75) is 4.90 Å². The molecular weight excluding hydrogens is 180 g/mol. The number of benzene rings is 1. The lowest BCUT2D eigenvalue weighted by Gasteiger charge is -1.96. The maximum atomic E-state index is 10.7. The summed E-state index contributed by atoms with van der Waals surface area (Å²) < 4.78 is 21.4. The molecule has 0 aromatic heterocycles. The smallest absolute Gasteiger partial charge is 0.238 e. The van der Waals surface area contributed by atoms with Gasteiger partial charge in [0.2, 0.25) is 10.0 Å². The fourth-order valence-electron chi connectivity index (χ4n) is 0.658. The topological polar surface area (TPSA) is 118 Å². The van der Waals surface area contributed by atoms with Crippen LogP contribution >= 0.6 is 0 Å². The first-order chi connectivity index (χ1) is 5.00. The second-order valence-electron chi connectivity index (χ2n) is 2.11. The van der Waals surface area contributed by atoms with Gasteiger partial charge in [-0.1, -0.05) is 0 Å². The molecule has 0 spiro atoms. The predicted octanol–water partition coefficient (Wildman–Crippen LogP) is -0.909. The summed E-state index contributed by atoms with van der Waals surface area (Å²) in [5.41, 5.74) is 5.85. The normalized spacial score (nSPS) is 10.4. The molecule has 1 aromatic rings. The molecule has 0 saturated carbocycles. The molecule has 68 valence electrons. The molecule has 0 fully saturated rings. The third kappa shape index (κ3) is 2.50. The van der Waals surface area contributed by atoms with Gasteiger partial charge in [0, 0.05) is 5.69 Å². The Hall–Kier alpha value is -1.11. The van der Waals surface area contributed by atoms with E-state index in [0.717, 1.165) is 0 Å². The van der Waals surface area contributed by atoms with Crippen LogP contribution in [0.4, 0.5) is 5.69 Å². The van der Waals surface area contributed by atoms with Gasteiger partial charge in [-0.2, -0.15) is 0 Å². The largest absolute Gasteiger partial charge is 0.412 e. The van der Waals surface area contributed by atoms with Crippen molar-refractivity contribution >= 4 is 15.7 Å². The molecular formula is C6H10N2O3S. The van der Waals surface area contributed by atoms with Crippen molar-refractivity contribution < 1.29 is 13.9 Å². The van der Waals surface area contributed by atoms with Gasteiger partial charge in [-0.05, 0) is 24.3 Å². The first kappa shape index (κ1) is 10.9. The van der Waals surface area contributed by atoms with Crippen LogP contribution in [0.15, 0.2) is 29.2 Å². The van der Waals surface area contributed by atoms with E-state index < -0.39 is 10.0 Å². The van der Waals surface area contributed by atoms with Gasteiger partial charge in [-0.25, -0.2) is 13.6 Å². The van der Waals surface area contributed by atoms with Gasteiger partial charge >= 0.3 is 0 Å². The third-order valence-corrected chi connectivity index (χ3v) is 2.14. The number of nitrogen functional groups attached to an aromatic ring is 1. The van der Waals surface area contributed by atoms with Gasteiger partial charge < -0.3 is 11.2 Å². The van der Waals surface area contributed by atoms with E-state index in [0.29, 0.717) is 5.69 Å². The Morgan fingerprint density at radius 1 is 1.08 bits per heavy atom. The molecule has 0 bridgehead atoms. The molecule has 12 heavy (non-hydrogen) atoms. The van der Waals surface area contributed by atoms with E-state index >= 15 is 0 Å². The molecule has 0 saturated heterocycles. The van der Waals surface area contributed by atoms with Crippen LogP contribution in [0.5, 0.6) is 0 Å². The molecule has 0 unspecified atom stereocenters. The lowest BCUT2D eigenvalue weighted by Crippen LogP contribution is -2.11. The average molecular weight is 190 g/mol. The van der Waals surface area contributed by atoms with E-state index in [4.69, 9.17) is 10.9 Å². The minimum absolute atomic E-state index is 0. The highest BCUT2D eigenvalue weighted by Crippen LogP contribution is 2.08. The summed E-state index contributed by atoms with van der Waals surface area (Å²) in [7, 11) is -3.58. The molecule has 1 aromatic carbocycles. The van der Waals surface area contributed by atoms with Crippen LogP contribution in [0.25, 0.3) is 0 Å². The maximum absolute atomic E-state index is 10.7. The zero-order valence-corrected chi connectivity index (χ0v) is 7.01. The third-order valence-electron chi connectivity index (χ3n) is 1.21. The summed E-state index contributed by atoms with van der Waals surface area (Å²) in [6, 6.07) is 5.70. The van der Waals surface area contributed by atoms with Crippen LogP contribution in [-0.2, 0) is 10.0 Å². The predicted molar refractivity (Wildman–Crippen MR) is 45.8 cm³/mol. The molecule has 0 radical (unpaired) electrons. The van der Waals surface area contributed by atoms with Gasteiger partial charge in [0.15, 0.2) is 0 Å². The fourth-order valence-corrected chi connectivity index (χ4v) is 1.17. The summed E-state index contributed by atoms with van der Waals surface area (Å²) in [6.45, 7) is 0. The van der Waals surface area contributed by atoms with E-state index in [2.05, 4.69) is 0 Å². The molecule has 0 atom stereocenters. The van der Waals surface area contributed by atoms with Crippen LogP contribution in [0.2, 0.25) is 0 Å². The van der Waals surface area contributed by atoms with Crippen molar-refractivity contribution in [2.24, 2.45) is 5.14 Å². The van der Waals surface area contributed by atoms with Crippen LogP contribution in [0, 0.1) is 0 Å². The second kappa shape index (κ2) is 3.53. The molecule has 6 N–H and O–H groups in total. The zero-order valence-electron chi connectivity index (χ0n) is 6.19. The Bertz CT molecular complexity index is 344. The lowest BCUT2D eigenvalue weighted by atomic mass is 10.3. The van der Waals surface area contributed by atoms with E-state index in [-0.39, 0.29) is 10.4 Å². The minimum atomic E-state index is -3.58. The maximum Gasteiger partial charge on any atom is 0.238 e. The summed E-state index contributed by atoms with van der Waals surface area (Å²) in [6.07, 6.45) is 0. The van der Waals surface area contributed by atoms with E-state index in [9.17, 15) is 8.42 Å². The molecule has 0 aliphatic rings. The molecule has 0 amide bonds. The van der Waals surface area contributed by atoms with Crippen molar-refractivity contribution in [1.82, 2.24) is 0 Å². The molecule has 6 heteroatoms. The van der Waals surface area contributed by atoms with E-state index in [1.165, 1.54) is 24.3 Å². The summed E-state index contributed by atoms with van der Waals surface area (Å²) in [5, 5.41) is 4.84. The number of nitrogens with two attached hydrogens (primary N) is 2. The number of anilines is 1. The molecule has 0 aliphatic heterocycles. The highest BCUT2D eigenvalue weighted by molar-refractivity contribution is 7.89. The highest BCUT2D eigenvalue weighted by Gasteiger charge is 2.04. The van der Waals surface area contributed by atoms with Crippen LogP contribution < -0.4 is 10.9 Å². The van der Waals surface area contributed by atoms with Crippen molar-refractivity contribution in [3.63, 3.8) is 0 Å². The van der Waals surface area contributed by atoms with E-state index in [1.807, 2.05) is 0 Å². The van der Waals surface area contributed by atoms with Gasteiger partial charge in [-0.15, -0.1) is 0 Å². The summed E-state index contributed by atoms with van der Waals surface area (Å²) >= 11 is 0. The monoisotopic (exact) mass is 190 g/mol. The fraction of sp³-hybridized carbons (Fsp3) is 0. The zero-order chi connectivity index (χ0) is 8.48. The number of rotatable bonds is 1. The van der Waals surface area contributed by atoms with Crippen molar-refractivity contribution in [2.75, 3.05) is 5.73 Å². The Kier molecular flexibility index (Phi) is 3.20. The SMILES string of the molecule is Nc1ccc(S(N)(=O)=O)cc1.O. The molecule has 0 heterocycles. The lowest BCUT2D eigenvalue weighted by molar-refractivity contribution is 0.598. The van der Waals surface area contributed by atoms with Gasteiger partial charge in [0.05, 0.1) is 4.90 Å². The number of hydrogen-bond acceptors (Lipinski definition) is 3. The van der Waals surface area contributed by atoms with Gasteiger partial charge in [0.25, 0.3) is 0 Å². The number of hydrogen-bond donors (Lipinski definition) is 2.